The highest BCUT2D eigenvalue weighted by Crippen LogP contribution is 2.55. The molecule has 6 heteroatoms. The fourth-order valence-corrected chi connectivity index (χ4v) is 7.71. The third kappa shape index (κ3) is 28.4. The van der Waals surface area contributed by atoms with Crippen molar-refractivity contribution in [2.45, 2.75) is 173 Å². The molecule has 10 rings (SSSR count). The van der Waals surface area contributed by atoms with E-state index in [-0.39, 0.29) is 0 Å². The third-order valence-electron chi connectivity index (χ3n) is 11.6. The molecule has 2 N–H and O–H groups in total. The van der Waals surface area contributed by atoms with Gasteiger partial charge >= 0.3 is 0 Å². The highest BCUT2D eigenvalue weighted by atomic mass is 19.1. The van der Waals surface area contributed by atoms with Gasteiger partial charge in [-0.15, -0.1) is 0 Å². The average Bonchev–Trinajstić information content (AvgIpc) is 3.97. The van der Waals surface area contributed by atoms with Crippen LogP contribution in [-0.4, -0.2) is 45.5 Å². The van der Waals surface area contributed by atoms with Crippen molar-refractivity contribution < 1.29 is 13.2 Å². The van der Waals surface area contributed by atoms with Crippen LogP contribution < -0.4 is 10.6 Å². The number of hydrogen-bond acceptors (Lipinski definition) is 4. The summed E-state index contributed by atoms with van der Waals surface area (Å²) in [5.41, 5.74) is 6.99. The first-order valence-corrected chi connectivity index (χ1v) is 24.6. The number of aryl methyl sites for hydroxylation is 3. The molecule has 6 aliphatic rings. The molecular weight excluding hydrogens is 781 g/mol. The van der Waals surface area contributed by atoms with Crippen molar-refractivity contribution in [1.29, 1.82) is 0 Å². The van der Waals surface area contributed by atoms with Crippen LogP contribution >= 0.6 is 0 Å². The number of halogens is 2. The maximum atomic E-state index is 9.50. The van der Waals surface area contributed by atoms with Gasteiger partial charge in [0.1, 0.15) is 5.52 Å². The second kappa shape index (κ2) is 35.2. The number of aromatic nitrogens is 1. The predicted molar refractivity (Wildman–Crippen MR) is 274 cm³/mol. The van der Waals surface area contributed by atoms with Crippen molar-refractivity contribution in [3.05, 3.63) is 102 Å². The topological polar surface area (TPSA) is 50.1 Å². The number of alkyl halides is 2. The highest BCUT2D eigenvalue weighted by molar-refractivity contribution is 5.71. The van der Waals surface area contributed by atoms with Gasteiger partial charge in [0.05, 0.1) is 14.4 Å². The number of oxazole rings is 1. The first kappa shape index (κ1) is 59.9. The van der Waals surface area contributed by atoms with Gasteiger partial charge in [-0.2, -0.15) is 0 Å². The zero-order valence-electron chi connectivity index (χ0n) is 43.2. The van der Waals surface area contributed by atoms with E-state index in [0.29, 0.717) is 14.4 Å². The number of nitrogens with one attached hydrogen (secondary N) is 2. The molecule has 2 saturated heterocycles. The van der Waals surface area contributed by atoms with Crippen LogP contribution in [0.15, 0.2) is 89.3 Å². The van der Waals surface area contributed by atoms with Crippen molar-refractivity contribution in [3.63, 3.8) is 0 Å². The average molecular weight is 878 g/mol. The Labute approximate surface area is 388 Å². The maximum Gasteiger partial charge on any atom is 0.192 e. The Morgan fingerprint density at radius 2 is 0.746 bits per heavy atom. The van der Waals surface area contributed by atoms with Gasteiger partial charge < -0.3 is 15.1 Å². The lowest BCUT2D eigenvalue weighted by Gasteiger charge is -2.49. The Hall–Kier alpha value is -3.09. The summed E-state index contributed by atoms with van der Waals surface area (Å²) in [5.74, 6) is 3.22. The third-order valence-corrected chi connectivity index (χ3v) is 11.6. The zero-order chi connectivity index (χ0) is 47.6. The molecule has 3 aromatic carbocycles. The number of rotatable bonds is 0. The van der Waals surface area contributed by atoms with Crippen LogP contribution in [0, 0.1) is 54.8 Å². The molecule has 0 atom stereocenters. The van der Waals surface area contributed by atoms with Gasteiger partial charge in [0.25, 0.3) is 0 Å². The molecule has 4 aromatic rings. The van der Waals surface area contributed by atoms with Crippen LogP contribution in [0.5, 0.6) is 0 Å². The molecule has 0 bridgehead atoms. The summed E-state index contributed by atoms with van der Waals surface area (Å²) >= 11 is 0. The molecule has 360 valence electrons. The van der Waals surface area contributed by atoms with E-state index < -0.39 is 0 Å². The first-order valence-electron chi connectivity index (χ1n) is 24.6. The van der Waals surface area contributed by atoms with E-state index in [2.05, 4.69) is 116 Å². The second-order valence-electron chi connectivity index (χ2n) is 20.5. The van der Waals surface area contributed by atoms with E-state index in [4.69, 9.17) is 4.42 Å². The lowest BCUT2D eigenvalue weighted by Crippen LogP contribution is -2.35. The Morgan fingerprint density at radius 1 is 0.444 bits per heavy atom. The van der Waals surface area contributed by atoms with Gasteiger partial charge in [0.2, 0.25) is 0 Å². The molecule has 4 saturated carbocycles. The molecule has 2 aliphatic heterocycles. The number of fused-ring (bicyclic) bond motifs is 1. The molecule has 4 nitrogen and oxygen atoms in total. The highest BCUT2D eigenvalue weighted by Gasteiger charge is 2.42. The van der Waals surface area contributed by atoms with Crippen molar-refractivity contribution in [1.82, 2.24) is 15.6 Å². The fraction of sp³-hybridized carbons (Fsp3) is 0.667. The Kier molecular flexibility index (Phi) is 33.5. The molecule has 1 aromatic heterocycles. The van der Waals surface area contributed by atoms with E-state index in [0.717, 1.165) is 51.0 Å². The Bertz CT molecular complexity index is 1440. The molecule has 0 amide bonds. The second-order valence-corrected chi connectivity index (χ2v) is 20.5. The van der Waals surface area contributed by atoms with E-state index in [9.17, 15) is 8.78 Å². The smallest absolute Gasteiger partial charge is 0.192 e. The van der Waals surface area contributed by atoms with Crippen molar-refractivity contribution in [3.8, 4) is 0 Å². The molecule has 0 radical (unpaired) electrons. The van der Waals surface area contributed by atoms with Crippen LogP contribution in [0.3, 0.4) is 0 Å². The molecule has 4 aliphatic carbocycles. The van der Waals surface area contributed by atoms with Crippen LogP contribution in [0.2, 0.25) is 0 Å². The summed E-state index contributed by atoms with van der Waals surface area (Å²) in [6.07, 6.45) is 21.2. The maximum absolute atomic E-state index is 9.50. The van der Waals surface area contributed by atoms with Gasteiger partial charge in [-0.1, -0.05) is 172 Å². The minimum absolute atomic E-state index is 0.500. The molecular formula is C57H97F2N3O. The number of nitrogens with zero attached hydrogens (tertiary/aromatic N) is 1. The lowest BCUT2D eigenvalue weighted by atomic mass is 9.56. The molecule has 3 heterocycles. The van der Waals surface area contributed by atoms with Crippen molar-refractivity contribution in [2.75, 3.05) is 40.5 Å². The van der Waals surface area contributed by atoms with Crippen LogP contribution in [-0.2, 0) is 0 Å². The van der Waals surface area contributed by atoms with Crippen LogP contribution in [0.1, 0.15) is 169 Å². The van der Waals surface area contributed by atoms with E-state index in [1.807, 2.05) is 67.6 Å². The van der Waals surface area contributed by atoms with Gasteiger partial charge in [0.15, 0.2) is 11.5 Å². The normalized spacial score (nSPS) is 17.7. The summed E-state index contributed by atoms with van der Waals surface area (Å²) < 4.78 is 24.3. The first-order chi connectivity index (χ1) is 30.1. The quantitative estimate of drug-likeness (QED) is 0.185. The number of benzene rings is 3. The van der Waals surface area contributed by atoms with Gasteiger partial charge in [0, 0.05) is 20.0 Å². The SMILES string of the molecule is C1CC2(C1)CCC2.C1CC2(C1)CCNC2.C1CC2(C1)CCNC2.CC(C)C.CC(C)C.CC(C)C.CF.CF.Cc1ccccc1.Cc1ccccc1.Cc1nc2ccccc2o1. The Morgan fingerprint density at radius 3 is 0.937 bits per heavy atom. The molecule has 63 heavy (non-hydrogen) atoms. The molecule has 0 unspecified atom stereocenters. The molecule has 3 spiro atoms. The summed E-state index contributed by atoms with van der Waals surface area (Å²) in [7, 11) is 1.00. The van der Waals surface area contributed by atoms with Gasteiger partial charge in [-0.3, -0.25) is 8.78 Å². The summed E-state index contributed by atoms with van der Waals surface area (Å²) in [6.45, 7) is 30.7. The number of hydrogen-bond donors (Lipinski definition) is 2. The number of para-hydroxylation sites is 2. The van der Waals surface area contributed by atoms with Crippen molar-refractivity contribution >= 4 is 11.1 Å². The van der Waals surface area contributed by atoms with E-state index in [1.54, 1.807) is 25.7 Å². The molecule has 6 fully saturated rings. The van der Waals surface area contributed by atoms with Crippen LogP contribution in [0.25, 0.3) is 11.1 Å². The monoisotopic (exact) mass is 878 g/mol. The Balaban J connectivity index is 0.000000690. The summed E-state index contributed by atoms with van der Waals surface area (Å²) in [5, 5.41) is 6.83. The minimum Gasteiger partial charge on any atom is -0.441 e. The lowest BCUT2D eigenvalue weighted by molar-refractivity contribution is 0.0314. The predicted octanol–water partition coefficient (Wildman–Crippen LogP) is 16.9. The summed E-state index contributed by atoms with van der Waals surface area (Å²) in [6, 6.07) is 28.3. The van der Waals surface area contributed by atoms with E-state index in [1.165, 1.54) is 102 Å². The van der Waals surface area contributed by atoms with Crippen molar-refractivity contribution in [2.24, 2.45) is 34.0 Å². The standard InChI is InChI=1S/C8H7NO.2C7H13N.C7H12.2C7H8.3C4H10.2CH3F/c1-6-9-7-4-2-3-5-8(7)10-6;2*1-2-7(3-1)4-5-8-6-7;1-3-7(4-1)5-2-6-7;2*1-7-5-3-2-4-6-7;3*1-4(2)3;2*1-2/h2-5H,1H3;2*8H,1-6H2;1-6H2;2*2-6H,1H3;3*4H,1-3H3;2*1H3. The van der Waals surface area contributed by atoms with Crippen LogP contribution in [0.4, 0.5) is 8.78 Å². The zero-order valence-corrected chi connectivity index (χ0v) is 43.2. The minimum atomic E-state index is 0.500. The van der Waals surface area contributed by atoms with Gasteiger partial charge in [-0.25, -0.2) is 4.98 Å². The van der Waals surface area contributed by atoms with E-state index >= 15 is 0 Å². The fourth-order valence-electron chi connectivity index (χ4n) is 7.71. The van der Waals surface area contributed by atoms with Gasteiger partial charge in [-0.05, 0) is 137 Å². The largest absolute Gasteiger partial charge is 0.441 e. The summed E-state index contributed by atoms with van der Waals surface area (Å²) in [4.78, 5) is 4.15.